The Bertz CT molecular complexity index is 964. The number of nitro benzene ring substituents is 1. The number of carbonyl (C=O) groups excluding carboxylic acids is 1. The number of nitrogens with one attached hydrogen (secondary N) is 1. The molecule has 0 spiro atoms. The van der Waals surface area contributed by atoms with Crippen molar-refractivity contribution < 1.29 is 9.72 Å². The lowest BCUT2D eigenvalue weighted by molar-refractivity contribution is -0.385. The van der Waals surface area contributed by atoms with Gasteiger partial charge in [-0.15, -0.1) is 11.3 Å². The molecule has 26 heavy (non-hydrogen) atoms. The predicted molar refractivity (Wildman–Crippen MR) is 101 cm³/mol. The fourth-order valence-corrected chi connectivity index (χ4v) is 3.14. The van der Waals surface area contributed by atoms with Crippen LogP contribution in [0.4, 0.5) is 5.69 Å². The molecule has 3 rings (SSSR count). The Morgan fingerprint density at radius 3 is 2.54 bits per heavy atom. The summed E-state index contributed by atoms with van der Waals surface area (Å²) in [7, 11) is 0. The van der Waals surface area contributed by atoms with Crippen molar-refractivity contribution in [3.63, 3.8) is 0 Å². The summed E-state index contributed by atoms with van der Waals surface area (Å²) in [5.74, 6) is -0.340. The standard InChI is InChI=1S/C19H17N3O3S/c1-12-3-6-16(9-18(12)22(24)25)19(23)20-10-14-4-7-15(8-5-14)17-11-26-13(2)21-17/h3-9,11H,10H2,1-2H3,(H,20,23). The van der Waals surface area contributed by atoms with Gasteiger partial charge in [0.25, 0.3) is 11.6 Å². The number of aryl methyl sites for hydroxylation is 2. The van der Waals surface area contributed by atoms with E-state index in [1.54, 1.807) is 30.4 Å². The number of rotatable bonds is 5. The second-order valence-electron chi connectivity index (χ2n) is 5.89. The van der Waals surface area contributed by atoms with Crippen LogP contribution in [0.3, 0.4) is 0 Å². The predicted octanol–water partition coefficient (Wildman–Crippen LogP) is 4.27. The van der Waals surface area contributed by atoms with Crippen LogP contribution < -0.4 is 5.32 Å². The summed E-state index contributed by atoms with van der Waals surface area (Å²) in [6, 6.07) is 12.3. The first-order chi connectivity index (χ1) is 12.4. The van der Waals surface area contributed by atoms with Gasteiger partial charge >= 0.3 is 0 Å². The van der Waals surface area contributed by atoms with Crippen LogP contribution in [0.15, 0.2) is 47.8 Å². The quantitative estimate of drug-likeness (QED) is 0.539. The zero-order valence-electron chi connectivity index (χ0n) is 14.4. The SMILES string of the molecule is Cc1nc(-c2ccc(CNC(=O)c3ccc(C)c([N+](=O)[O-])c3)cc2)cs1. The van der Waals surface area contributed by atoms with E-state index in [4.69, 9.17) is 0 Å². The minimum atomic E-state index is -0.481. The molecule has 0 saturated carbocycles. The smallest absolute Gasteiger partial charge is 0.273 e. The minimum absolute atomic E-state index is 0.0550. The van der Waals surface area contributed by atoms with E-state index in [9.17, 15) is 14.9 Å². The molecule has 0 aliphatic heterocycles. The molecule has 132 valence electrons. The zero-order chi connectivity index (χ0) is 18.7. The van der Waals surface area contributed by atoms with Crippen molar-refractivity contribution >= 4 is 22.9 Å². The lowest BCUT2D eigenvalue weighted by Crippen LogP contribution is -2.22. The van der Waals surface area contributed by atoms with Crippen LogP contribution in [-0.4, -0.2) is 15.8 Å². The average Bonchev–Trinajstić information content (AvgIpc) is 3.06. The van der Waals surface area contributed by atoms with Gasteiger partial charge in [-0.1, -0.05) is 30.3 Å². The van der Waals surface area contributed by atoms with Crippen LogP contribution in [0.25, 0.3) is 11.3 Å². The molecule has 0 atom stereocenters. The number of amides is 1. The van der Waals surface area contributed by atoms with Crippen molar-refractivity contribution in [3.8, 4) is 11.3 Å². The fraction of sp³-hybridized carbons (Fsp3) is 0.158. The molecule has 3 aromatic rings. The normalized spacial score (nSPS) is 10.5. The number of thiazole rings is 1. The van der Waals surface area contributed by atoms with Crippen LogP contribution in [0, 0.1) is 24.0 Å². The molecule has 7 heteroatoms. The van der Waals surface area contributed by atoms with Crippen LogP contribution >= 0.6 is 11.3 Å². The number of aromatic nitrogens is 1. The van der Waals surface area contributed by atoms with Crippen molar-refractivity contribution in [1.82, 2.24) is 10.3 Å². The largest absolute Gasteiger partial charge is 0.348 e. The first kappa shape index (κ1) is 17.8. The third kappa shape index (κ3) is 3.94. The molecule has 0 aliphatic carbocycles. The van der Waals surface area contributed by atoms with Gasteiger partial charge in [0.15, 0.2) is 0 Å². The van der Waals surface area contributed by atoms with Gasteiger partial charge in [0.2, 0.25) is 0 Å². The summed E-state index contributed by atoms with van der Waals surface area (Å²) in [6.45, 7) is 3.95. The highest BCUT2D eigenvalue weighted by Crippen LogP contribution is 2.22. The number of nitrogens with zero attached hydrogens (tertiary/aromatic N) is 2. The molecule has 1 heterocycles. The van der Waals surface area contributed by atoms with E-state index in [2.05, 4.69) is 10.3 Å². The monoisotopic (exact) mass is 367 g/mol. The number of hydrogen-bond acceptors (Lipinski definition) is 5. The molecular formula is C19H17N3O3S. The Morgan fingerprint density at radius 2 is 1.92 bits per heavy atom. The highest BCUT2D eigenvalue weighted by molar-refractivity contribution is 7.09. The van der Waals surface area contributed by atoms with Gasteiger partial charge in [-0.2, -0.15) is 0 Å². The van der Waals surface area contributed by atoms with Gasteiger partial charge in [-0.25, -0.2) is 4.98 Å². The molecule has 1 aromatic heterocycles. The van der Waals surface area contributed by atoms with E-state index in [0.29, 0.717) is 12.1 Å². The van der Waals surface area contributed by atoms with Gasteiger partial charge in [0.1, 0.15) is 0 Å². The molecule has 0 bridgehead atoms. The first-order valence-electron chi connectivity index (χ1n) is 7.99. The van der Waals surface area contributed by atoms with Crippen LogP contribution in [-0.2, 0) is 6.54 Å². The zero-order valence-corrected chi connectivity index (χ0v) is 15.2. The molecule has 1 amide bonds. The van der Waals surface area contributed by atoms with Gasteiger partial charge in [-0.05, 0) is 25.5 Å². The minimum Gasteiger partial charge on any atom is -0.348 e. The van der Waals surface area contributed by atoms with E-state index in [-0.39, 0.29) is 17.2 Å². The molecule has 0 unspecified atom stereocenters. The number of hydrogen-bond donors (Lipinski definition) is 1. The van der Waals surface area contributed by atoms with Crippen LogP contribution in [0.5, 0.6) is 0 Å². The topological polar surface area (TPSA) is 85.1 Å². The average molecular weight is 367 g/mol. The molecule has 0 fully saturated rings. The summed E-state index contributed by atoms with van der Waals surface area (Å²) >= 11 is 1.60. The lowest BCUT2D eigenvalue weighted by Gasteiger charge is -2.07. The second-order valence-corrected chi connectivity index (χ2v) is 6.95. The van der Waals surface area contributed by atoms with Crippen molar-refractivity contribution in [2.24, 2.45) is 0 Å². The Balaban J connectivity index is 1.66. The third-order valence-electron chi connectivity index (χ3n) is 3.99. The summed E-state index contributed by atoms with van der Waals surface area (Å²) in [5, 5.41) is 16.8. The molecule has 0 aliphatic rings. The number of carbonyl (C=O) groups is 1. The van der Waals surface area contributed by atoms with Gasteiger partial charge < -0.3 is 5.32 Å². The Kier molecular flexibility index (Phi) is 5.09. The van der Waals surface area contributed by atoms with E-state index in [1.165, 1.54) is 6.07 Å². The maximum absolute atomic E-state index is 12.3. The molecule has 6 nitrogen and oxygen atoms in total. The van der Waals surface area contributed by atoms with Crippen molar-refractivity contribution in [1.29, 1.82) is 0 Å². The Morgan fingerprint density at radius 1 is 1.19 bits per heavy atom. The molecular weight excluding hydrogens is 350 g/mol. The second kappa shape index (κ2) is 7.45. The Labute approximate surface area is 154 Å². The molecule has 0 saturated heterocycles. The van der Waals surface area contributed by atoms with Gasteiger partial charge in [0.05, 0.1) is 15.6 Å². The van der Waals surface area contributed by atoms with Crippen molar-refractivity contribution in [3.05, 3.63) is 79.7 Å². The molecule has 0 radical (unpaired) electrons. The highest BCUT2D eigenvalue weighted by Gasteiger charge is 2.14. The summed E-state index contributed by atoms with van der Waals surface area (Å²) in [6.07, 6.45) is 0. The van der Waals surface area contributed by atoms with E-state index in [1.807, 2.05) is 36.6 Å². The number of nitro groups is 1. The van der Waals surface area contributed by atoms with Gasteiger partial charge in [0, 0.05) is 34.7 Å². The van der Waals surface area contributed by atoms with E-state index >= 15 is 0 Å². The fourth-order valence-electron chi connectivity index (χ4n) is 2.52. The summed E-state index contributed by atoms with van der Waals surface area (Å²) in [4.78, 5) is 27.2. The van der Waals surface area contributed by atoms with Gasteiger partial charge in [-0.3, -0.25) is 14.9 Å². The van der Waals surface area contributed by atoms with Crippen LogP contribution in [0.2, 0.25) is 0 Å². The van der Waals surface area contributed by atoms with Crippen molar-refractivity contribution in [2.75, 3.05) is 0 Å². The third-order valence-corrected chi connectivity index (χ3v) is 4.76. The maximum Gasteiger partial charge on any atom is 0.273 e. The van der Waals surface area contributed by atoms with E-state index in [0.717, 1.165) is 21.8 Å². The van der Waals surface area contributed by atoms with E-state index < -0.39 is 4.92 Å². The first-order valence-corrected chi connectivity index (χ1v) is 8.86. The summed E-state index contributed by atoms with van der Waals surface area (Å²) < 4.78 is 0. The Hall–Kier alpha value is -3.06. The van der Waals surface area contributed by atoms with Crippen LogP contribution in [0.1, 0.15) is 26.5 Å². The van der Waals surface area contributed by atoms with Crippen molar-refractivity contribution in [2.45, 2.75) is 20.4 Å². The highest BCUT2D eigenvalue weighted by atomic mass is 32.1. The molecule has 1 N–H and O–H groups in total. The summed E-state index contributed by atoms with van der Waals surface area (Å²) in [5.41, 5.74) is 3.65. The number of benzene rings is 2. The maximum atomic E-state index is 12.3. The molecule has 2 aromatic carbocycles. The lowest BCUT2D eigenvalue weighted by atomic mass is 10.1.